The zero-order valence-corrected chi connectivity index (χ0v) is 10.1. The Morgan fingerprint density at radius 3 is 2.67 bits per heavy atom. The normalized spacial score (nSPS) is 19.7. The van der Waals surface area contributed by atoms with Crippen molar-refractivity contribution >= 4 is 11.8 Å². The zero-order valence-electron chi connectivity index (χ0n) is 10.1. The summed E-state index contributed by atoms with van der Waals surface area (Å²) in [4.78, 5) is 24.4. The summed E-state index contributed by atoms with van der Waals surface area (Å²) < 4.78 is 13.7. The molecule has 1 aromatic rings. The van der Waals surface area contributed by atoms with Gasteiger partial charge in [-0.15, -0.1) is 0 Å². The molecule has 2 rings (SSSR count). The fourth-order valence-corrected chi connectivity index (χ4v) is 2.03. The van der Waals surface area contributed by atoms with Gasteiger partial charge in [-0.25, -0.2) is 4.39 Å². The predicted octanol–water partition coefficient (Wildman–Crippen LogP) is 1.18. The van der Waals surface area contributed by atoms with Gasteiger partial charge in [-0.1, -0.05) is 19.1 Å². The molecule has 1 saturated heterocycles. The molecule has 96 valence electrons. The Labute approximate surface area is 105 Å². The summed E-state index contributed by atoms with van der Waals surface area (Å²) in [7, 11) is 0. The molecule has 1 fully saturated rings. The summed E-state index contributed by atoms with van der Waals surface area (Å²) in [6, 6.07) is 4.61. The topological polar surface area (TPSA) is 63.4 Å². The third-order valence-corrected chi connectivity index (χ3v) is 3.15. The van der Waals surface area contributed by atoms with Gasteiger partial charge in [-0.2, -0.15) is 0 Å². The van der Waals surface area contributed by atoms with Crippen LogP contribution in [0.2, 0.25) is 0 Å². The lowest BCUT2D eigenvalue weighted by atomic mass is 10.1. The molecule has 0 aliphatic carbocycles. The van der Waals surface area contributed by atoms with Crippen molar-refractivity contribution < 1.29 is 14.0 Å². The van der Waals surface area contributed by atoms with Crippen LogP contribution in [-0.4, -0.2) is 16.7 Å². The Morgan fingerprint density at radius 1 is 1.44 bits per heavy atom. The van der Waals surface area contributed by atoms with Crippen LogP contribution in [0, 0.1) is 11.7 Å². The Hall–Kier alpha value is -1.75. The largest absolute Gasteiger partial charge is 0.326 e. The molecule has 0 bridgehead atoms. The van der Waals surface area contributed by atoms with E-state index in [0.29, 0.717) is 11.1 Å². The summed E-state index contributed by atoms with van der Waals surface area (Å²) in [5.41, 5.74) is 6.43. The first-order valence-corrected chi connectivity index (χ1v) is 5.84. The number of nitrogens with zero attached hydrogens (tertiary/aromatic N) is 1. The minimum atomic E-state index is -0.432. The molecule has 2 N–H and O–H groups in total. The number of nitrogens with two attached hydrogens (primary N) is 1. The second kappa shape index (κ2) is 4.86. The highest BCUT2D eigenvalue weighted by Crippen LogP contribution is 2.22. The maximum absolute atomic E-state index is 13.7. The molecule has 1 heterocycles. The van der Waals surface area contributed by atoms with Crippen molar-refractivity contribution in [3.8, 4) is 0 Å². The summed E-state index contributed by atoms with van der Waals surface area (Å²) in [5.74, 6) is -1.21. The molecule has 0 radical (unpaired) electrons. The number of amides is 2. The highest BCUT2D eigenvalue weighted by molar-refractivity contribution is 6.03. The fraction of sp³-hybridized carbons (Fsp3) is 0.385. The average Bonchev–Trinajstić information content (AvgIpc) is 2.58. The smallest absolute Gasteiger partial charge is 0.232 e. The first-order valence-electron chi connectivity index (χ1n) is 5.84. The molecular weight excluding hydrogens is 235 g/mol. The summed E-state index contributed by atoms with van der Waals surface area (Å²) in [6.45, 7) is 1.96. The van der Waals surface area contributed by atoms with Crippen LogP contribution in [-0.2, 0) is 22.7 Å². The zero-order chi connectivity index (χ0) is 13.3. The molecule has 0 saturated carbocycles. The lowest BCUT2D eigenvalue weighted by Crippen LogP contribution is -2.30. The number of halogens is 1. The molecule has 1 aliphatic heterocycles. The molecule has 18 heavy (non-hydrogen) atoms. The number of carbonyl (C=O) groups excluding carboxylic acids is 2. The highest BCUT2D eigenvalue weighted by atomic mass is 19.1. The van der Waals surface area contributed by atoms with E-state index in [1.807, 2.05) is 0 Å². The van der Waals surface area contributed by atoms with E-state index < -0.39 is 5.82 Å². The number of likely N-dealkylation sites (tertiary alicyclic amines) is 1. The molecule has 1 aliphatic rings. The standard InChI is InChI=1S/C13H15FN2O2/c1-8-4-12(17)16(13(8)18)7-10-3-2-9(6-15)5-11(10)14/h2-3,5,8H,4,6-7,15H2,1H3. The van der Waals surface area contributed by atoms with Crippen LogP contribution in [0.1, 0.15) is 24.5 Å². The maximum Gasteiger partial charge on any atom is 0.232 e. The van der Waals surface area contributed by atoms with Crippen LogP contribution in [0.15, 0.2) is 18.2 Å². The molecule has 5 heteroatoms. The number of hydrogen-bond donors (Lipinski definition) is 1. The first-order chi connectivity index (χ1) is 8.52. The van der Waals surface area contributed by atoms with Crippen molar-refractivity contribution in [2.45, 2.75) is 26.4 Å². The van der Waals surface area contributed by atoms with Gasteiger partial charge in [0.1, 0.15) is 5.82 Å². The Bertz CT molecular complexity index is 502. The Kier molecular flexibility index (Phi) is 3.43. The van der Waals surface area contributed by atoms with Gasteiger partial charge in [0.25, 0.3) is 0 Å². The number of benzene rings is 1. The van der Waals surface area contributed by atoms with Crippen molar-refractivity contribution in [3.05, 3.63) is 35.1 Å². The molecule has 4 nitrogen and oxygen atoms in total. The van der Waals surface area contributed by atoms with Gasteiger partial charge < -0.3 is 5.73 Å². The fourth-order valence-electron chi connectivity index (χ4n) is 2.03. The molecule has 1 atom stereocenters. The second-order valence-corrected chi connectivity index (χ2v) is 4.55. The SMILES string of the molecule is CC1CC(=O)N(Cc2ccc(CN)cc2F)C1=O. The van der Waals surface area contributed by atoms with E-state index in [0.717, 1.165) is 4.90 Å². The number of hydrogen-bond acceptors (Lipinski definition) is 3. The van der Waals surface area contributed by atoms with Crippen LogP contribution in [0.25, 0.3) is 0 Å². The Balaban J connectivity index is 2.19. The van der Waals surface area contributed by atoms with E-state index in [9.17, 15) is 14.0 Å². The van der Waals surface area contributed by atoms with E-state index in [4.69, 9.17) is 5.73 Å². The molecule has 2 amide bonds. The van der Waals surface area contributed by atoms with Gasteiger partial charge in [0, 0.05) is 24.4 Å². The minimum Gasteiger partial charge on any atom is -0.326 e. The lowest BCUT2D eigenvalue weighted by molar-refractivity contribution is -0.139. The van der Waals surface area contributed by atoms with Gasteiger partial charge in [0.2, 0.25) is 11.8 Å². The van der Waals surface area contributed by atoms with Crippen LogP contribution in [0.5, 0.6) is 0 Å². The summed E-state index contributed by atoms with van der Waals surface area (Å²) in [6.07, 6.45) is 0.210. The van der Waals surface area contributed by atoms with Crippen LogP contribution in [0.4, 0.5) is 4.39 Å². The third kappa shape index (κ3) is 2.26. The van der Waals surface area contributed by atoms with Crippen molar-refractivity contribution in [2.75, 3.05) is 0 Å². The van der Waals surface area contributed by atoms with Gasteiger partial charge in [0.15, 0.2) is 0 Å². The number of carbonyl (C=O) groups is 2. The summed E-state index contributed by atoms with van der Waals surface area (Å²) in [5, 5.41) is 0. The lowest BCUT2D eigenvalue weighted by Gasteiger charge is -2.15. The van der Waals surface area contributed by atoms with Gasteiger partial charge in [0.05, 0.1) is 6.54 Å². The molecule has 1 aromatic carbocycles. The average molecular weight is 250 g/mol. The van der Waals surface area contributed by atoms with E-state index in [2.05, 4.69) is 0 Å². The number of imide groups is 1. The van der Waals surface area contributed by atoms with Crippen LogP contribution in [0.3, 0.4) is 0 Å². The summed E-state index contributed by atoms with van der Waals surface area (Å²) >= 11 is 0. The minimum absolute atomic E-state index is 0.00130. The first kappa shape index (κ1) is 12.7. The molecule has 0 spiro atoms. The van der Waals surface area contributed by atoms with E-state index in [1.54, 1.807) is 19.1 Å². The van der Waals surface area contributed by atoms with E-state index >= 15 is 0 Å². The Morgan fingerprint density at radius 2 is 2.17 bits per heavy atom. The van der Waals surface area contributed by atoms with E-state index in [-0.39, 0.29) is 37.2 Å². The van der Waals surface area contributed by atoms with Crippen molar-refractivity contribution in [1.29, 1.82) is 0 Å². The molecule has 0 aromatic heterocycles. The third-order valence-electron chi connectivity index (χ3n) is 3.15. The van der Waals surface area contributed by atoms with E-state index in [1.165, 1.54) is 6.07 Å². The van der Waals surface area contributed by atoms with Crippen molar-refractivity contribution in [3.63, 3.8) is 0 Å². The maximum atomic E-state index is 13.7. The monoisotopic (exact) mass is 250 g/mol. The van der Waals surface area contributed by atoms with Gasteiger partial charge >= 0.3 is 0 Å². The quantitative estimate of drug-likeness (QED) is 0.819. The highest BCUT2D eigenvalue weighted by Gasteiger charge is 2.35. The second-order valence-electron chi connectivity index (χ2n) is 4.55. The molecule has 1 unspecified atom stereocenters. The van der Waals surface area contributed by atoms with Gasteiger partial charge in [-0.05, 0) is 11.6 Å². The van der Waals surface area contributed by atoms with Crippen molar-refractivity contribution in [2.24, 2.45) is 11.7 Å². The molecular formula is C13H15FN2O2. The van der Waals surface area contributed by atoms with Gasteiger partial charge in [-0.3, -0.25) is 14.5 Å². The van der Waals surface area contributed by atoms with Crippen LogP contribution < -0.4 is 5.73 Å². The van der Waals surface area contributed by atoms with Crippen LogP contribution >= 0.6 is 0 Å². The van der Waals surface area contributed by atoms with Crippen molar-refractivity contribution in [1.82, 2.24) is 4.90 Å². The predicted molar refractivity (Wildman–Crippen MR) is 63.6 cm³/mol. The number of rotatable bonds is 3.